The van der Waals surface area contributed by atoms with E-state index in [-0.39, 0.29) is 0 Å². The average Bonchev–Trinajstić information content (AvgIpc) is 3.70. The first-order chi connectivity index (χ1) is 30.2. The molecule has 4 heteroatoms. The third-order valence-electron chi connectivity index (χ3n) is 12.3. The fraction of sp³-hybridized carbons (Fsp3) is 0.158. The maximum atomic E-state index is 4.03. The van der Waals surface area contributed by atoms with Gasteiger partial charge in [0.25, 0.3) is 0 Å². The Morgan fingerprint density at radius 2 is 0.590 bits per heavy atom. The molecule has 0 unspecified atom stereocenters. The standard InChI is InChI=1S/C57H54N4/c1-7-21-46(22-8-1)56(47-23-9-2-10-24-47,48-25-11-3-12-26-48)60-39-19-37-58-52-35-33-44-41-45-34-36-53(43-55(45)54(44)42-52)59-38-20-40-61-57(49-27-13-4-14-28-49,50-29-15-5-16-30-50)51-31-17-6-18-32-51/h1-18,21-36,42-43,58-61H,19-20,37-41H2. The van der Waals surface area contributed by atoms with Crippen LogP contribution in [0.5, 0.6) is 0 Å². The molecule has 0 saturated heterocycles. The molecule has 8 aromatic rings. The van der Waals surface area contributed by atoms with Gasteiger partial charge in [0.05, 0.1) is 11.1 Å². The van der Waals surface area contributed by atoms with Gasteiger partial charge in [0.1, 0.15) is 0 Å². The molecule has 0 amide bonds. The first-order valence-electron chi connectivity index (χ1n) is 21.8. The van der Waals surface area contributed by atoms with E-state index < -0.39 is 11.1 Å². The van der Waals surface area contributed by atoms with Crippen LogP contribution >= 0.6 is 0 Å². The lowest BCUT2D eigenvalue weighted by molar-refractivity contribution is 0.469. The molecule has 0 saturated carbocycles. The number of fused-ring (bicyclic) bond motifs is 3. The van der Waals surface area contributed by atoms with Gasteiger partial charge >= 0.3 is 0 Å². The largest absolute Gasteiger partial charge is 0.385 e. The monoisotopic (exact) mass is 794 g/mol. The Balaban J connectivity index is 0.842. The first-order valence-corrected chi connectivity index (χ1v) is 21.8. The van der Waals surface area contributed by atoms with Crippen molar-refractivity contribution in [1.29, 1.82) is 0 Å². The molecule has 9 rings (SSSR count). The maximum Gasteiger partial charge on any atom is 0.0947 e. The highest BCUT2D eigenvalue weighted by molar-refractivity contribution is 5.81. The van der Waals surface area contributed by atoms with Crippen LogP contribution in [0.2, 0.25) is 0 Å². The summed E-state index contributed by atoms with van der Waals surface area (Å²) in [5.41, 5.74) is 14.3. The van der Waals surface area contributed by atoms with Gasteiger partial charge in [-0.1, -0.05) is 194 Å². The van der Waals surface area contributed by atoms with Crippen LogP contribution in [-0.4, -0.2) is 26.2 Å². The summed E-state index contributed by atoms with van der Waals surface area (Å²) >= 11 is 0. The van der Waals surface area contributed by atoms with Gasteiger partial charge in [-0.15, -0.1) is 0 Å². The molecule has 0 spiro atoms. The second-order valence-electron chi connectivity index (χ2n) is 16.0. The second kappa shape index (κ2) is 18.7. The molecule has 0 atom stereocenters. The van der Waals surface area contributed by atoms with Crippen LogP contribution in [0.3, 0.4) is 0 Å². The molecular weight excluding hydrogens is 741 g/mol. The van der Waals surface area contributed by atoms with E-state index in [0.29, 0.717) is 0 Å². The lowest BCUT2D eigenvalue weighted by Crippen LogP contribution is -2.45. The van der Waals surface area contributed by atoms with Crippen LogP contribution in [0.4, 0.5) is 11.4 Å². The van der Waals surface area contributed by atoms with Crippen molar-refractivity contribution in [3.05, 3.63) is 263 Å². The van der Waals surface area contributed by atoms with Gasteiger partial charge in [-0.05, 0) is 112 Å². The van der Waals surface area contributed by atoms with E-state index in [0.717, 1.165) is 56.8 Å². The zero-order chi connectivity index (χ0) is 41.2. The molecule has 61 heavy (non-hydrogen) atoms. The van der Waals surface area contributed by atoms with Crippen molar-refractivity contribution >= 4 is 11.4 Å². The Morgan fingerprint density at radius 3 is 0.869 bits per heavy atom. The predicted molar refractivity (Wildman–Crippen MR) is 255 cm³/mol. The molecule has 0 heterocycles. The molecule has 8 aromatic carbocycles. The number of nitrogens with one attached hydrogen (secondary N) is 4. The van der Waals surface area contributed by atoms with Gasteiger partial charge in [0.15, 0.2) is 0 Å². The van der Waals surface area contributed by atoms with Crippen molar-refractivity contribution < 1.29 is 0 Å². The number of anilines is 2. The minimum Gasteiger partial charge on any atom is -0.385 e. The zero-order valence-corrected chi connectivity index (χ0v) is 34.7. The van der Waals surface area contributed by atoms with Gasteiger partial charge in [-0.3, -0.25) is 10.6 Å². The van der Waals surface area contributed by atoms with Crippen LogP contribution in [-0.2, 0) is 17.5 Å². The van der Waals surface area contributed by atoms with Crippen molar-refractivity contribution in [1.82, 2.24) is 10.6 Å². The molecule has 302 valence electrons. The summed E-state index contributed by atoms with van der Waals surface area (Å²) in [5.74, 6) is 0. The van der Waals surface area contributed by atoms with Crippen molar-refractivity contribution in [3.63, 3.8) is 0 Å². The maximum absolute atomic E-state index is 4.03. The SMILES string of the molecule is c1ccc(C(NCCCNc2ccc3c(c2)-c2cc(NCCCNC(c4ccccc4)(c4ccccc4)c4ccccc4)ccc2C3)(c2ccccc2)c2ccccc2)cc1. The van der Waals surface area contributed by atoms with Crippen molar-refractivity contribution in [2.75, 3.05) is 36.8 Å². The van der Waals surface area contributed by atoms with E-state index in [1.165, 1.54) is 55.6 Å². The number of rotatable bonds is 18. The highest BCUT2D eigenvalue weighted by atomic mass is 15.0. The van der Waals surface area contributed by atoms with Crippen molar-refractivity contribution in [2.24, 2.45) is 0 Å². The fourth-order valence-corrected chi connectivity index (χ4v) is 9.32. The van der Waals surface area contributed by atoms with Crippen molar-refractivity contribution in [3.8, 4) is 11.1 Å². The van der Waals surface area contributed by atoms with Crippen LogP contribution in [0.1, 0.15) is 57.3 Å². The number of hydrogen-bond donors (Lipinski definition) is 4. The molecule has 0 aromatic heterocycles. The highest BCUT2D eigenvalue weighted by Gasteiger charge is 2.36. The Morgan fingerprint density at radius 1 is 0.311 bits per heavy atom. The molecule has 1 aliphatic carbocycles. The Hall–Kier alpha value is -6.72. The molecule has 0 aliphatic heterocycles. The molecule has 1 aliphatic rings. The molecule has 4 N–H and O–H groups in total. The van der Waals surface area contributed by atoms with Gasteiger partial charge in [0, 0.05) is 24.5 Å². The van der Waals surface area contributed by atoms with Crippen molar-refractivity contribution in [2.45, 2.75) is 30.3 Å². The molecular formula is C57H54N4. The van der Waals surface area contributed by atoms with Gasteiger partial charge in [0.2, 0.25) is 0 Å². The Kier molecular flexibility index (Phi) is 12.2. The first kappa shape index (κ1) is 39.7. The van der Waals surface area contributed by atoms with E-state index >= 15 is 0 Å². The summed E-state index contributed by atoms with van der Waals surface area (Å²) in [4.78, 5) is 0. The van der Waals surface area contributed by atoms with Gasteiger partial charge < -0.3 is 10.6 Å². The Bertz CT molecular complexity index is 2220. The Labute approximate surface area is 361 Å². The summed E-state index contributed by atoms with van der Waals surface area (Å²) in [6.07, 6.45) is 2.90. The molecule has 0 fully saturated rings. The molecule has 0 bridgehead atoms. The van der Waals surface area contributed by atoms with Crippen LogP contribution in [0.15, 0.2) is 218 Å². The second-order valence-corrected chi connectivity index (χ2v) is 16.0. The summed E-state index contributed by atoms with van der Waals surface area (Å²) in [6.45, 7) is 3.41. The van der Waals surface area contributed by atoms with Gasteiger partial charge in [-0.25, -0.2) is 0 Å². The van der Waals surface area contributed by atoms with E-state index in [1.807, 2.05) is 0 Å². The predicted octanol–water partition coefficient (Wildman–Crippen LogP) is 12.0. The summed E-state index contributed by atoms with van der Waals surface area (Å²) in [5, 5.41) is 15.6. The quantitative estimate of drug-likeness (QED) is 0.0516. The normalized spacial score (nSPS) is 12.1. The van der Waals surface area contributed by atoms with E-state index in [1.54, 1.807) is 0 Å². The van der Waals surface area contributed by atoms with Crippen LogP contribution in [0, 0.1) is 0 Å². The van der Waals surface area contributed by atoms with Crippen LogP contribution < -0.4 is 21.3 Å². The third kappa shape index (κ3) is 8.38. The number of hydrogen-bond acceptors (Lipinski definition) is 4. The van der Waals surface area contributed by atoms with E-state index in [2.05, 4.69) is 240 Å². The topological polar surface area (TPSA) is 48.1 Å². The molecule has 0 radical (unpaired) electrons. The minimum atomic E-state index is -0.458. The lowest BCUT2D eigenvalue weighted by atomic mass is 9.77. The summed E-state index contributed by atoms with van der Waals surface area (Å²) < 4.78 is 0. The summed E-state index contributed by atoms with van der Waals surface area (Å²) in [6, 6.07) is 78.8. The fourth-order valence-electron chi connectivity index (χ4n) is 9.32. The highest BCUT2D eigenvalue weighted by Crippen LogP contribution is 2.41. The molecule has 4 nitrogen and oxygen atoms in total. The smallest absolute Gasteiger partial charge is 0.0947 e. The van der Waals surface area contributed by atoms with Crippen LogP contribution in [0.25, 0.3) is 11.1 Å². The zero-order valence-electron chi connectivity index (χ0n) is 34.7. The summed E-state index contributed by atoms with van der Waals surface area (Å²) in [7, 11) is 0. The van der Waals surface area contributed by atoms with E-state index in [9.17, 15) is 0 Å². The number of benzene rings is 8. The lowest BCUT2D eigenvalue weighted by Gasteiger charge is -2.37. The third-order valence-corrected chi connectivity index (χ3v) is 12.3. The van der Waals surface area contributed by atoms with E-state index in [4.69, 9.17) is 0 Å². The minimum absolute atomic E-state index is 0.458. The average molecular weight is 795 g/mol. The van der Waals surface area contributed by atoms with Gasteiger partial charge in [-0.2, -0.15) is 0 Å².